The van der Waals surface area contributed by atoms with Crippen LogP contribution in [0.3, 0.4) is 0 Å². The van der Waals surface area contributed by atoms with Crippen LogP contribution in [0.15, 0.2) is 18.2 Å². The smallest absolute Gasteiger partial charge is 0.328 e. The quantitative estimate of drug-likeness (QED) is 0.817. The van der Waals surface area contributed by atoms with E-state index < -0.39 is 5.97 Å². The molecule has 0 aliphatic heterocycles. The second-order valence-corrected chi connectivity index (χ2v) is 4.70. The highest BCUT2D eigenvalue weighted by Crippen LogP contribution is 2.34. The van der Waals surface area contributed by atoms with Crippen LogP contribution in [-0.2, 0) is 9.53 Å². The number of methoxy groups -OCH3 is 1. The van der Waals surface area contributed by atoms with Gasteiger partial charge in [0.2, 0.25) is 0 Å². The molecule has 104 valence electrons. The predicted molar refractivity (Wildman–Crippen MR) is 75.1 cm³/mol. The Labute approximate surface area is 121 Å². The molecule has 1 unspecified atom stereocenters. The molecule has 1 rings (SSSR count). The van der Waals surface area contributed by atoms with Gasteiger partial charge in [-0.15, -0.1) is 0 Å². The summed E-state index contributed by atoms with van der Waals surface area (Å²) in [6, 6.07) is 3.12. The van der Waals surface area contributed by atoms with Crippen molar-refractivity contribution in [1.29, 1.82) is 0 Å². The minimum absolute atomic E-state index is 0.222. The summed E-state index contributed by atoms with van der Waals surface area (Å²) >= 11 is 12.0. The lowest BCUT2D eigenvalue weighted by molar-refractivity contribution is -0.131. The van der Waals surface area contributed by atoms with Crippen molar-refractivity contribution in [1.82, 2.24) is 0 Å². The first-order chi connectivity index (χ1) is 8.93. The molecule has 1 aromatic rings. The van der Waals surface area contributed by atoms with Gasteiger partial charge in [0, 0.05) is 23.8 Å². The Hall–Kier alpha value is -1.23. The molecule has 0 radical (unpaired) electrons. The summed E-state index contributed by atoms with van der Waals surface area (Å²) in [5.41, 5.74) is 0.503. The van der Waals surface area contributed by atoms with E-state index >= 15 is 0 Å². The molecule has 0 saturated carbocycles. The van der Waals surface area contributed by atoms with Crippen LogP contribution < -0.4 is 4.74 Å². The predicted octanol–water partition coefficient (Wildman–Crippen LogP) is 3.50. The molecule has 0 heterocycles. The van der Waals surface area contributed by atoms with Crippen molar-refractivity contribution in [2.45, 2.75) is 13.0 Å². The summed E-state index contributed by atoms with van der Waals surface area (Å²) in [6.45, 7) is 2.21. The first-order valence-corrected chi connectivity index (χ1v) is 6.25. The van der Waals surface area contributed by atoms with Crippen LogP contribution in [0.2, 0.25) is 10.0 Å². The summed E-state index contributed by atoms with van der Waals surface area (Å²) in [5.74, 6) is -0.680. The molecular formula is C13H14Cl2O4. The van der Waals surface area contributed by atoms with E-state index in [9.17, 15) is 4.79 Å². The Bertz CT molecular complexity index is 486. The summed E-state index contributed by atoms with van der Waals surface area (Å²) in [5, 5.41) is 9.38. The van der Waals surface area contributed by atoms with E-state index in [-0.39, 0.29) is 6.10 Å². The van der Waals surface area contributed by atoms with Crippen LogP contribution in [0, 0.1) is 0 Å². The SMILES string of the molecule is COCC(C)Oc1c(Cl)cc(Cl)cc1C=CC(=O)O. The highest BCUT2D eigenvalue weighted by Gasteiger charge is 2.12. The molecular weight excluding hydrogens is 291 g/mol. The zero-order valence-electron chi connectivity index (χ0n) is 10.5. The molecule has 0 saturated heterocycles. The largest absolute Gasteiger partial charge is 0.486 e. The van der Waals surface area contributed by atoms with Gasteiger partial charge in [0.05, 0.1) is 11.6 Å². The Morgan fingerprint density at radius 3 is 2.74 bits per heavy atom. The monoisotopic (exact) mass is 304 g/mol. The number of aliphatic carboxylic acids is 1. The minimum atomic E-state index is -1.06. The Kier molecular flexibility index (Phi) is 6.15. The second-order valence-electron chi connectivity index (χ2n) is 3.86. The fraction of sp³-hybridized carbons (Fsp3) is 0.308. The number of benzene rings is 1. The summed E-state index contributed by atoms with van der Waals surface area (Å²) in [4.78, 5) is 10.6. The summed E-state index contributed by atoms with van der Waals surface area (Å²) in [7, 11) is 1.56. The number of hydrogen-bond donors (Lipinski definition) is 1. The molecule has 19 heavy (non-hydrogen) atoms. The number of carboxylic acids is 1. The van der Waals surface area contributed by atoms with Gasteiger partial charge < -0.3 is 14.6 Å². The lowest BCUT2D eigenvalue weighted by atomic mass is 10.2. The first kappa shape index (κ1) is 15.8. The van der Waals surface area contributed by atoms with E-state index in [0.717, 1.165) is 6.08 Å². The highest BCUT2D eigenvalue weighted by molar-refractivity contribution is 6.35. The number of hydrogen-bond acceptors (Lipinski definition) is 3. The van der Waals surface area contributed by atoms with Gasteiger partial charge >= 0.3 is 5.97 Å². The molecule has 0 bridgehead atoms. The van der Waals surface area contributed by atoms with Crippen molar-refractivity contribution in [2.24, 2.45) is 0 Å². The fourth-order valence-electron chi connectivity index (χ4n) is 1.46. The third-order valence-electron chi connectivity index (χ3n) is 2.16. The van der Waals surface area contributed by atoms with Crippen LogP contribution in [0.4, 0.5) is 0 Å². The molecule has 1 atom stereocenters. The van der Waals surface area contributed by atoms with Gasteiger partial charge in [-0.05, 0) is 25.1 Å². The zero-order valence-corrected chi connectivity index (χ0v) is 12.0. The van der Waals surface area contributed by atoms with Crippen molar-refractivity contribution < 1.29 is 19.4 Å². The van der Waals surface area contributed by atoms with Gasteiger partial charge in [0.1, 0.15) is 11.9 Å². The molecule has 0 aliphatic carbocycles. The van der Waals surface area contributed by atoms with Crippen LogP contribution in [0.5, 0.6) is 5.75 Å². The van der Waals surface area contributed by atoms with Crippen molar-refractivity contribution in [3.05, 3.63) is 33.8 Å². The molecule has 1 aromatic carbocycles. The summed E-state index contributed by atoms with van der Waals surface area (Å²) in [6.07, 6.45) is 2.16. The van der Waals surface area contributed by atoms with E-state index in [4.69, 9.17) is 37.8 Å². The van der Waals surface area contributed by atoms with Crippen LogP contribution in [-0.4, -0.2) is 30.9 Å². The Morgan fingerprint density at radius 1 is 1.47 bits per heavy atom. The third kappa shape index (κ3) is 5.11. The van der Waals surface area contributed by atoms with Gasteiger partial charge in [-0.1, -0.05) is 23.2 Å². The van der Waals surface area contributed by atoms with Crippen molar-refractivity contribution in [3.8, 4) is 5.75 Å². The van der Waals surface area contributed by atoms with E-state index in [1.807, 2.05) is 6.92 Å². The second kappa shape index (κ2) is 7.38. The van der Waals surface area contributed by atoms with Crippen LogP contribution >= 0.6 is 23.2 Å². The van der Waals surface area contributed by atoms with Gasteiger partial charge in [-0.2, -0.15) is 0 Å². The number of carboxylic acid groups (broad SMARTS) is 1. The Balaban J connectivity index is 3.09. The maximum absolute atomic E-state index is 10.6. The van der Waals surface area contributed by atoms with Gasteiger partial charge in [-0.25, -0.2) is 4.79 Å². The third-order valence-corrected chi connectivity index (χ3v) is 2.66. The van der Waals surface area contributed by atoms with E-state index in [2.05, 4.69) is 0 Å². The highest BCUT2D eigenvalue weighted by atomic mass is 35.5. The van der Waals surface area contributed by atoms with Gasteiger partial charge in [0.15, 0.2) is 0 Å². The number of halogens is 2. The Morgan fingerprint density at radius 2 is 2.16 bits per heavy atom. The minimum Gasteiger partial charge on any atom is -0.486 e. The lowest BCUT2D eigenvalue weighted by Gasteiger charge is -2.17. The first-order valence-electron chi connectivity index (χ1n) is 5.49. The normalized spacial score (nSPS) is 12.6. The topological polar surface area (TPSA) is 55.8 Å². The summed E-state index contributed by atoms with van der Waals surface area (Å²) < 4.78 is 10.6. The van der Waals surface area contributed by atoms with Crippen LogP contribution in [0.1, 0.15) is 12.5 Å². The van der Waals surface area contributed by atoms with Crippen molar-refractivity contribution in [2.75, 3.05) is 13.7 Å². The molecule has 4 nitrogen and oxygen atoms in total. The van der Waals surface area contributed by atoms with Gasteiger partial charge in [-0.3, -0.25) is 0 Å². The molecule has 0 amide bonds. The van der Waals surface area contributed by atoms with Crippen molar-refractivity contribution >= 4 is 35.2 Å². The molecule has 0 fully saturated rings. The lowest BCUT2D eigenvalue weighted by Crippen LogP contribution is -2.18. The van der Waals surface area contributed by atoms with E-state index in [0.29, 0.717) is 28.0 Å². The van der Waals surface area contributed by atoms with E-state index in [1.165, 1.54) is 12.1 Å². The molecule has 0 aliphatic rings. The van der Waals surface area contributed by atoms with Gasteiger partial charge in [0.25, 0.3) is 0 Å². The zero-order chi connectivity index (χ0) is 14.4. The fourth-order valence-corrected chi connectivity index (χ4v) is 2.01. The molecule has 1 N–H and O–H groups in total. The maximum atomic E-state index is 10.6. The standard InChI is InChI=1S/C13H14Cl2O4/c1-8(7-18-2)19-13-9(3-4-12(16)17)5-10(14)6-11(13)15/h3-6,8H,7H2,1-2H3,(H,16,17). The number of carbonyl (C=O) groups is 1. The maximum Gasteiger partial charge on any atom is 0.328 e. The van der Waals surface area contributed by atoms with E-state index in [1.54, 1.807) is 13.2 Å². The molecule has 6 heteroatoms. The molecule has 0 aromatic heterocycles. The van der Waals surface area contributed by atoms with Crippen molar-refractivity contribution in [3.63, 3.8) is 0 Å². The average molecular weight is 305 g/mol. The van der Waals surface area contributed by atoms with Crippen LogP contribution in [0.25, 0.3) is 6.08 Å². The number of ether oxygens (including phenoxy) is 2. The molecule has 0 spiro atoms. The number of rotatable bonds is 6. The average Bonchev–Trinajstić information content (AvgIpc) is 2.30.